The maximum atomic E-state index is 16.8. The number of hydrogen-bond acceptors (Lipinski definition) is 7. The van der Waals surface area contributed by atoms with Gasteiger partial charge in [0, 0.05) is 49.1 Å². The summed E-state index contributed by atoms with van der Waals surface area (Å²) in [5, 5.41) is 16.5. The van der Waals surface area contributed by atoms with Crippen molar-refractivity contribution in [1.29, 1.82) is 0 Å². The second-order valence-corrected chi connectivity index (χ2v) is 13.1. The Balaban J connectivity index is 1.27. The number of benzene rings is 3. The summed E-state index contributed by atoms with van der Waals surface area (Å²) >= 11 is 6.88. The number of nitrogens with one attached hydrogen (secondary N) is 1. The van der Waals surface area contributed by atoms with Crippen LogP contribution in [0.2, 0.25) is 5.02 Å². The molecule has 5 heterocycles. The molecule has 4 aliphatic heterocycles. The number of hydrogen-bond donors (Lipinski definition) is 2. The van der Waals surface area contributed by atoms with Gasteiger partial charge in [0.2, 0.25) is 0 Å². The number of rotatable bonds is 5. The Kier molecular flexibility index (Phi) is 6.62. The van der Waals surface area contributed by atoms with Crippen molar-refractivity contribution in [2.75, 3.05) is 37.7 Å². The predicted octanol–water partition coefficient (Wildman–Crippen LogP) is 6.23. The summed E-state index contributed by atoms with van der Waals surface area (Å²) in [6, 6.07) is 13.3. The number of fused-ring (bicyclic) bond motifs is 5. The van der Waals surface area contributed by atoms with Gasteiger partial charge in [-0.3, -0.25) is 4.90 Å². The lowest BCUT2D eigenvalue weighted by Crippen LogP contribution is -2.43. The summed E-state index contributed by atoms with van der Waals surface area (Å²) in [6.07, 6.45) is 4.60. The van der Waals surface area contributed by atoms with Crippen LogP contribution in [0.15, 0.2) is 42.5 Å². The number of aromatic nitrogens is 2. The molecule has 0 saturated carbocycles. The average Bonchev–Trinajstić information content (AvgIpc) is 3.62. The number of phenols is 1. The quantitative estimate of drug-likeness (QED) is 0.279. The van der Waals surface area contributed by atoms with E-state index in [1.807, 2.05) is 24.3 Å². The Bertz CT molecular complexity index is 1740. The highest BCUT2D eigenvalue weighted by molar-refractivity contribution is 6.35. The lowest BCUT2D eigenvalue weighted by molar-refractivity contribution is 0.107. The fourth-order valence-corrected chi connectivity index (χ4v) is 8.29. The van der Waals surface area contributed by atoms with E-state index in [9.17, 15) is 9.50 Å². The standard InChI is InChI=1S/C33H34ClF2N5O2/c34-27-14-26-30(29(36)28(27)25-13-23(42)12-19-4-1-2-5-24(19)25)38-32(43-18-33-9-3-10-41(33)16-20(35)15-33)39-31(26)40-11-8-21-6-7-22(17-40)37-21/h1-2,4-5,12-14,20-22,37,42H,3,6-11,15-18H2/t20-,21+,22-,33+/m0/s1. The van der Waals surface area contributed by atoms with Crippen molar-refractivity contribution < 1.29 is 18.6 Å². The highest BCUT2D eigenvalue weighted by Gasteiger charge is 2.49. The van der Waals surface area contributed by atoms with E-state index in [2.05, 4.69) is 20.1 Å². The molecule has 7 nitrogen and oxygen atoms in total. The fraction of sp³-hybridized carbons (Fsp3) is 0.455. The fourth-order valence-electron chi connectivity index (χ4n) is 8.00. The van der Waals surface area contributed by atoms with Crippen LogP contribution in [0.25, 0.3) is 32.8 Å². The van der Waals surface area contributed by atoms with Gasteiger partial charge in [-0.15, -0.1) is 0 Å². The SMILES string of the molecule is Oc1cc(-c2c(Cl)cc3c(N4CC[C@H]5CC[C@@H](C4)N5)nc(OC[C@]45CCCN4C[C@@H](F)C5)nc3c2F)c2ccccc2c1. The van der Waals surface area contributed by atoms with E-state index >= 15 is 4.39 Å². The number of alkyl halides is 1. The van der Waals surface area contributed by atoms with Gasteiger partial charge in [0.1, 0.15) is 29.9 Å². The van der Waals surface area contributed by atoms with E-state index in [1.165, 1.54) is 6.07 Å². The smallest absolute Gasteiger partial charge is 0.319 e. The molecule has 224 valence electrons. The number of nitrogens with zero attached hydrogens (tertiary/aromatic N) is 4. The van der Waals surface area contributed by atoms with Crippen molar-refractivity contribution in [1.82, 2.24) is 20.2 Å². The van der Waals surface area contributed by atoms with Gasteiger partial charge in [0.15, 0.2) is 5.82 Å². The molecule has 0 unspecified atom stereocenters. The van der Waals surface area contributed by atoms with Crippen LogP contribution in [0.3, 0.4) is 0 Å². The maximum Gasteiger partial charge on any atom is 0.319 e. The minimum atomic E-state index is -0.878. The van der Waals surface area contributed by atoms with Crippen LogP contribution in [0, 0.1) is 5.82 Å². The average molecular weight is 606 g/mol. The molecule has 10 heteroatoms. The minimum Gasteiger partial charge on any atom is -0.508 e. The predicted molar refractivity (Wildman–Crippen MR) is 164 cm³/mol. The molecule has 0 radical (unpaired) electrons. The summed E-state index contributed by atoms with van der Waals surface area (Å²) in [5.41, 5.74) is 0.391. The van der Waals surface area contributed by atoms with Gasteiger partial charge in [0.25, 0.3) is 0 Å². The lowest BCUT2D eigenvalue weighted by atomic mass is 9.95. The Morgan fingerprint density at radius 1 is 1.05 bits per heavy atom. The molecular weight excluding hydrogens is 572 g/mol. The summed E-state index contributed by atoms with van der Waals surface area (Å²) in [7, 11) is 0. The molecule has 4 aromatic rings. The largest absolute Gasteiger partial charge is 0.508 e. The molecule has 2 N–H and O–H groups in total. The number of ether oxygens (including phenoxy) is 1. The van der Waals surface area contributed by atoms with E-state index in [1.54, 1.807) is 12.1 Å². The Morgan fingerprint density at radius 2 is 1.91 bits per heavy atom. The molecule has 0 amide bonds. The number of aromatic hydroxyl groups is 1. The first kappa shape index (κ1) is 27.3. The normalized spacial score (nSPS) is 27.2. The highest BCUT2D eigenvalue weighted by atomic mass is 35.5. The van der Waals surface area contributed by atoms with Crippen LogP contribution in [-0.2, 0) is 0 Å². The molecule has 43 heavy (non-hydrogen) atoms. The Morgan fingerprint density at radius 3 is 2.81 bits per heavy atom. The molecule has 4 fully saturated rings. The number of anilines is 1. The zero-order valence-corrected chi connectivity index (χ0v) is 24.6. The van der Waals surface area contributed by atoms with Gasteiger partial charge >= 0.3 is 6.01 Å². The lowest BCUT2D eigenvalue weighted by Gasteiger charge is -2.31. The highest BCUT2D eigenvalue weighted by Crippen LogP contribution is 2.44. The molecule has 8 rings (SSSR count). The molecule has 4 aliphatic rings. The zero-order chi connectivity index (χ0) is 29.3. The zero-order valence-electron chi connectivity index (χ0n) is 23.8. The first-order valence-electron chi connectivity index (χ1n) is 15.3. The Hall–Kier alpha value is -3.27. The maximum absolute atomic E-state index is 16.8. The summed E-state index contributed by atoms with van der Waals surface area (Å²) in [6.45, 7) is 3.03. The van der Waals surface area contributed by atoms with E-state index in [4.69, 9.17) is 21.3 Å². The van der Waals surface area contributed by atoms with Crippen molar-refractivity contribution in [2.24, 2.45) is 0 Å². The first-order valence-corrected chi connectivity index (χ1v) is 15.7. The molecule has 4 saturated heterocycles. The summed E-state index contributed by atoms with van der Waals surface area (Å²) < 4.78 is 37.6. The van der Waals surface area contributed by atoms with Crippen LogP contribution in [0.1, 0.15) is 38.5 Å². The topological polar surface area (TPSA) is 73.8 Å². The number of phenolic OH excluding ortho intramolecular Hbond substituents is 1. The second-order valence-electron chi connectivity index (χ2n) is 12.7. The molecule has 1 aromatic heterocycles. The van der Waals surface area contributed by atoms with Crippen LogP contribution < -0.4 is 15.0 Å². The van der Waals surface area contributed by atoms with Crippen molar-refractivity contribution in [3.05, 3.63) is 53.3 Å². The van der Waals surface area contributed by atoms with Gasteiger partial charge in [-0.25, -0.2) is 8.78 Å². The van der Waals surface area contributed by atoms with Gasteiger partial charge < -0.3 is 20.1 Å². The van der Waals surface area contributed by atoms with Crippen LogP contribution in [-0.4, -0.2) is 76.6 Å². The van der Waals surface area contributed by atoms with E-state index in [-0.39, 0.29) is 40.0 Å². The van der Waals surface area contributed by atoms with E-state index in [0.29, 0.717) is 41.8 Å². The third-order valence-corrected chi connectivity index (χ3v) is 10.3. The summed E-state index contributed by atoms with van der Waals surface area (Å²) in [5.74, 6) is 0.0245. The first-order chi connectivity index (χ1) is 20.9. The van der Waals surface area contributed by atoms with Gasteiger partial charge in [0.05, 0.1) is 10.6 Å². The van der Waals surface area contributed by atoms with Crippen LogP contribution >= 0.6 is 11.6 Å². The molecule has 2 bridgehead atoms. The molecular formula is C33H34ClF2N5O2. The van der Waals surface area contributed by atoms with Gasteiger partial charge in [-0.2, -0.15) is 9.97 Å². The molecule has 4 atom stereocenters. The third kappa shape index (κ3) is 4.67. The van der Waals surface area contributed by atoms with Crippen molar-refractivity contribution in [2.45, 2.75) is 62.3 Å². The van der Waals surface area contributed by atoms with Gasteiger partial charge in [-0.05, 0) is 73.2 Å². The second kappa shape index (κ2) is 10.4. The minimum absolute atomic E-state index is 0.0203. The monoisotopic (exact) mass is 605 g/mol. The molecule has 0 aliphatic carbocycles. The van der Waals surface area contributed by atoms with E-state index in [0.717, 1.165) is 62.5 Å². The van der Waals surface area contributed by atoms with Crippen molar-refractivity contribution >= 4 is 39.1 Å². The van der Waals surface area contributed by atoms with Crippen molar-refractivity contribution in [3.63, 3.8) is 0 Å². The van der Waals surface area contributed by atoms with Gasteiger partial charge in [-0.1, -0.05) is 35.9 Å². The van der Waals surface area contributed by atoms with E-state index < -0.39 is 12.0 Å². The number of halogens is 3. The molecule has 3 aromatic carbocycles. The van der Waals surface area contributed by atoms with Crippen molar-refractivity contribution in [3.8, 4) is 22.9 Å². The molecule has 0 spiro atoms. The summed E-state index contributed by atoms with van der Waals surface area (Å²) in [4.78, 5) is 13.9. The van der Waals surface area contributed by atoms with Crippen LogP contribution in [0.4, 0.5) is 14.6 Å². The Labute approximate surface area is 253 Å². The van der Waals surface area contributed by atoms with Crippen LogP contribution in [0.5, 0.6) is 11.8 Å². The third-order valence-electron chi connectivity index (χ3n) is 10.0.